The van der Waals surface area contributed by atoms with Crippen LogP contribution in [0.4, 0.5) is 5.82 Å². The molecule has 2 rings (SSSR count). The number of hydrogen-bond donors (Lipinski definition) is 3. The fourth-order valence-corrected chi connectivity index (χ4v) is 1.43. The Hall–Kier alpha value is -2.31. The van der Waals surface area contributed by atoms with Crippen LogP contribution in [0.25, 0.3) is 11.0 Å². The number of anilines is 1. The van der Waals surface area contributed by atoms with Gasteiger partial charge in [0.05, 0.1) is 0 Å². The van der Waals surface area contributed by atoms with Gasteiger partial charge in [-0.2, -0.15) is 5.10 Å². The van der Waals surface area contributed by atoms with E-state index in [9.17, 15) is 9.59 Å². The molecule has 15 heavy (non-hydrogen) atoms. The zero-order valence-corrected chi connectivity index (χ0v) is 7.81. The summed E-state index contributed by atoms with van der Waals surface area (Å²) < 4.78 is 1.39. The summed E-state index contributed by atoms with van der Waals surface area (Å²) in [6.07, 6.45) is 1.13. The molecule has 0 aliphatic carbocycles. The molecule has 0 atom stereocenters. The molecule has 0 amide bonds. The Morgan fingerprint density at radius 1 is 1.67 bits per heavy atom. The predicted molar refractivity (Wildman–Crippen MR) is 52.7 cm³/mol. The Kier molecular flexibility index (Phi) is 1.75. The highest BCUT2D eigenvalue weighted by atomic mass is 16.4. The first-order valence-electron chi connectivity index (χ1n) is 4.09. The third-order valence-electron chi connectivity index (χ3n) is 2.13. The van der Waals surface area contributed by atoms with E-state index in [0.29, 0.717) is 5.65 Å². The molecule has 0 fully saturated rings. The molecule has 7 heteroatoms. The number of aromatic amines is 1. The number of aromatic carboxylic acids is 1. The van der Waals surface area contributed by atoms with Gasteiger partial charge in [-0.05, 0) is 0 Å². The van der Waals surface area contributed by atoms with Gasteiger partial charge in [0.1, 0.15) is 16.6 Å². The van der Waals surface area contributed by atoms with E-state index in [1.54, 1.807) is 7.05 Å². The van der Waals surface area contributed by atoms with E-state index in [1.165, 1.54) is 4.68 Å². The second kappa shape index (κ2) is 2.84. The fourth-order valence-electron chi connectivity index (χ4n) is 1.43. The Balaban J connectivity index is 2.96. The molecule has 0 saturated carbocycles. The SMILES string of the molecule is Cn1nc(N)c2c(=O)c(C(=O)O)c[nH]c21. The number of hydrogen-bond acceptors (Lipinski definition) is 4. The maximum atomic E-state index is 11.7. The number of carboxylic acid groups (broad SMARTS) is 1. The monoisotopic (exact) mass is 208 g/mol. The molecule has 0 aromatic carbocycles. The Bertz CT molecular complexity index is 610. The predicted octanol–water partition coefficient (Wildman–Crippen LogP) is -0.458. The van der Waals surface area contributed by atoms with Crippen molar-refractivity contribution in [3.63, 3.8) is 0 Å². The number of aryl methyl sites for hydroxylation is 1. The number of nitrogens with one attached hydrogen (secondary N) is 1. The molecule has 0 saturated heterocycles. The Morgan fingerprint density at radius 2 is 2.33 bits per heavy atom. The van der Waals surface area contributed by atoms with Crippen molar-refractivity contribution in [3.05, 3.63) is 22.0 Å². The van der Waals surface area contributed by atoms with E-state index in [2.05, 4.69) is 10.1 Å². The maximum Gasteiger partial charge on any atom is 0.341 e. The number of nitrogen functional groups attached to an aromatic ring is 1. The van der Waals surface area contributed by atoms with Crippen LogP contribution in [0.2, 0.25) is 0 Å². The van der Waals surface area contributed by atoms with Gasteiger partial charge in [-0.1, -0.05) is 0 Å². The van der Waals surface area contributed by atoms with Crippen molar-refractivity contribution in [1.29, 1.82) is 0 Å². The zero-order chi connectivity index (χ0) is 11.2. The molecule has 0 radical (unpaired) electrons. The van der Waals surface area contributed by atoms with Crippen LogP contribution in [-0.2, 0) is 7.05 Å². The molecule has 4 N–H and O–H groups in total. The summed E-state index contributed by atoms with van der Waals surface area (Å²) in [6.45, 7) is 0. The molecule has 0 aliphatic heterocycles. The zero-order valence-electron chi connectivity index (χ0n) is 7.81. The number of pyridine rings is 1. The van der Waals surface area contributed by atoms with Gasteiger partial charge in [-0.3, -0.25) is 4.79 Å². The number of rotatable bonds is 1. The molecular weight excluding hydrogens is 200 g/mol. The van der Waals surface area contributed by atoms with Crippen molar-refractivity contribution in [1.82, 2.24) is 14.8 Å². The minimum atomic E-state index is -1.29. The van der Waals surface area contributed by atoms with E-state index in [4.69, 9.17) is 10.8 Å². The van der Waals surface area contributed by atoms with Gasteiger partial charge in [0.15, 0.2) is 5.82 Å². The van der Waals surface area contributed by atoms with Gasteiger partial charge < -0.3 is 15.8 Å². The van der Waals surface area contributed by atoms with Gasteiger partial charge in [0.2, 0.25) is 5.43 Å². The van der Waals surface area contributed by atoms with E-state index in [-0.39, 0.29) is 16.8 Å². The summed E-state index contributed by atoms with van der Waals surface area (Å²) in [7, 11) is 1.61. The summed E-state index contributed by atoms with van der Waals surface area (Å²) >= 11 is 0. The maximum absolute atomic E-state index is 11.7. The molecule has 2 aromatic heterocycles. The number of carbonyl (C=O) groups is 1. The van der Waals surface area contributed by atoms with Crippen LogP contribution in [-0.4, -0.2) is 25.8 Å². The van der Waals surface area contributed by atoms with Crippen LogP contribution in [0.1, 0.15) is 10.4 Å². The lowest BCUT2D eigenvalue weighted by atomic mass is 10.2. The normalized spacial score (nSPS) is 10.7. The average Bonchev–Trinajstić information content (AvgIpc) is 2.43. The molecule has 0 spiro atoms. The number of aromatic nitrogens is 3. The number of fused-ring (bicyclic) bond motifs is 1. The first-order valence-corrected chi connectivity index (χ1v) is 4.09. The van der Waals surface area contributed by atoms with Crippen LogP contribution in [0.15, 0.2) is 11.0 Å². The largest absolute Gasteiger partial charge is 0.477 e. The minimum absolute atomic E-state index is 0.0249. The summed E-state index contributed by atoms with van der Waals surface area (Å²) in [5.74, 6) is -1.27. The summed E-state index contributed by atoms with van der Waals surface area (Å²) in [5.41, 5.74) is 4.94. The lowest BCUT2D eigenvalue weighted by Gasteiger charge is -1.95. The van der Waals surface area contributed by atoms with Gasteiger partial charge in [-0.15, -0.1) is 0 Å². The molecule has 0 bridgehead atoms. The van der Waals surface area contributed by atoms with Gasteiger partial charge in [0, 0.05) is 13.2 Å². The summed E-state index contributed by atoms with van der Waals surface area (Å²) in [5, 5.41) is 12.7. The van der Waals surface area contributed by atoms with Gasteiger partial charge in [0.25, 0.3) is 0 Å². The molecule has 7 nitrogen and oxygen atoms in total. The molecule has 2 aromatic rings. The van der Waals surface area contributed by atoms with E-state index in [0.717, 1.165) is 6.20 Å². The first-order chi connectivity index (χ1) is 7.02. The molecule has 0 aliphatic rings. The minimum Gasteiger partial charge on any atom is -0.477 e. The number of H-pyrrole nitrogens is 1. The molecule has 0 unspecified atom stereocenters. The third-order valence-corrected chi connectivity index (χ3v) is 2.13. The second-order valence-corrected chi connectivity index (χ2v) is 3.07. The molecular formula is C8H8N4O3. The molecule has 78 valence electrons. The van der Waals surface area contributed by atoms with Crippen molar-refractivity contribution in [2.75, 3.05) is 5.73 Å². The van der Waals surface area contributed by atoms with Crippen molar-refractivity contribution in [3.8, 4) is 0 Å². The first kappa shape index (κ1) is 9.25. The highest BCUT2D eigenvalue weighted by Gasteiger charge is 2.16. The Morgan fingerprint density at radius 3 is 2.93 bits per heavy atom. The van der Waals surface area contributed by atoms with Crippen molar-refractivity contribution in [2.45, 2.75) is 0 Å². The van der Waals surface area contributed by atoms with E-state index < -0.39 is 11.4 Å². The standard InChI is InChI=1S/C8H8N4O3/c1-12-7-4(6(9)11-12)5(13)3(2-10-7)8(14)15/h2H,1H3,(H2,9,11)(H,10,13)(H,14,15). The van der Waals surface area contributed by atoms with E-state index in [1.807, 2.05) is 0 Å². The van der Waals surface area contributed by atoms with Crippen LogP contribution in [0.3, 0.4) is 0 Å². The Labute approximate surface area is 83.1 Å². The third kappa shape index (κ3) is 1.17. The lowest BCUT2D eigenvalue weighted by molar-refractivity contribution is 0.0695. The van der Waals surface area contributed by atoms with Gasteiger partial charge in [-0.25, -0.2) is 9.48 Å². The van der Waals surface area contributed by atoms with Crippen LogP contribution < -0.4 is 11.2 Å². The molecule has 2 heterocycles. The number of nitrogens with zero attached hydrogens (tertiary/aromatic N) is 2. The highest BCUT2D eigenvalue weighted by Crippen LogP contribution is 2.13. The van der Waals surface area contributed by atoms with Crippen LogP contribution in [0.5, 0.6) is 0 Å². The highest BCUT2D eigenvalue weighted by molar-refractivity contribution is 5.94. The summed E-state index contributed by atoms with van der Waals surface area (Å²) in [4.78, 5) is 25.0. The fraction of sp³-hybridized carbons (Fsp3) is 0.125. The average molecular weight is 208 g/mol. The number of nitrogens with two attached hydrogens (primary N) is 1. The smallest absolute Gasteiger partial charge is 0.341 e. The van der Waals surface area contributed by atoms with Crippen molar-refractivity contribution < 1.29 is 9.90 Å². The van der Waals surface area contributed by atoms with Crippen LogP contribution in [0, 0.1) is 0 Å². The van der Waals surface area contributed by atoms with Gasteiger partial charge >= 0.3 is 5.97 Å². The quantitative estimate of drug-likeness (QED) is 0.586. The van der Waals surface area contributed by atoms with E-state index >= 15 is 0 Å². The van der Waals surface area contributed by atoms with Crippen molar-refractivity contribution >= 4 is 22.8 Å². The topological polar surface area (TPSA) is 114 Å². The van der Waals surface area contributed by atoms with Crippen molar-refractivity contribution in [2.24, 2.45) is 7.05 Å². The lowest BCUT2D eigenvalue weighted by Crippen LogP contribution is -2.15. The number of carboxylic acids is 1. The van der Waals surface area contributed by atoms with Crippen LogP contribution >= 0.6 is 0 Å². The summed E-state index contributed by atoms with van der Waals surface area (Å²) in [6, 6.07) is 0. The second-order valence-electron chi connectivity index (χ2n) is 3.07.